The summed E-state index contributed by atoms with van der Waals surface area (Å²) in [5, 5.41) is 0. The lowest BCUT2D eigenvalue weighted by Crippen LogP contribution is -2.42. The third kappa shape index (κ3) is 13.6. The Kier molecular flexibility index (Phi) is 12.8. The third-order valence-electron chi connectivity index (χ3n) is 5.15. The van der Waals surface area contributed by atoms with Gasteiger partial charge in [0, 0.05) is 6.42 Å². The first kappa shape index (κ1) is 24.8. The summed E-state index contributed by atoms with van der Waals surface area (Å²) in [5.74, 6) is -0.613. The standard InChI is InChI=1S/C20H40O6S/c1-3-4-5-6-7-8-9-10-11-14-19-15-18-24-20(2,26-19)16-12-13-17-25-27(21,22)23/h19H,3-18H2,1-2H3,(H,21,22,23)/p-1. The number of ether oxygens (including phenoxy) is 2. The van der Waals surface area contributed by atoms with Crippen LogP contribution < -0.4 is 0 Å². The maximum absolute atomic E-state index is 10.4. The molecule has 27 heavy (non-hydrogen) atoms. The van der Waals surface area contributed by atoms with Gasteiger partial charge in [-0.05, 0) is 32.6 Å². The minimum atomic E-state index is -4.59. The molecule has 162 valence electrons. The Morgan fingerprint density at radius 3 is 2.26 bits per heavy atom. The van der Waals surface area contributed by atoms with E-state index < -0.39 is 16.2 Å². The van der Waals surface area contributed by atoms with Crippen molar-refractivity contribution < 1.29 is 26.6 Å². The fourth-order valence-electron chi connectivity index (χ4n) is 3.58. The maximum atomic E-state index is 10.4. The average Bonchev–Trinajstić information content (AvgIpc) is 2.59. The summed E-state index contributed by atoms with van der Waals surface area (Å²) >= 11 is 0. The van der Waals surface area contributed by atoms with Crippen molar-refractivity contribution >= 4 is 10.4 Å². The van der Waals surface area contributed by atoms with E-state index in [2.05, 4.69) is 11.1 Å². The summed E-state index contributed by atoms with van der Waals surface area (Å²) in [6.45, 7) is 4.81. The van der Waals surface area contributed by atoms with Crippen LogP contribution in [-0.4, -0.2) is 38.1 Å². The highest BCUT2D eigenvalue weighted by Crippen LogP contribution is 2.30. The van der Waals surface area contributed by atoms with Crippen LogP contribution in [0.1, 0.15) is 104 Å². The van der Waals surface area contributed by atoms with E-state index in [1.807, 2.05) is 6.92 Å². The lowest BCUT2D eigenvalue weighted by atomic mass is 10.0. The molecule has 0 aromatic carbocycles. The van der Waals surface area contributed by atoms with Crippen LogP contribution in [0.5, 0.6) is 0 Å². The van der Waals surface area contributed by atoms with E-state index in [4.69, 9.17) is 9.47 Å². The molecule has 1 heterocycles. The van der Waals surface area contributed by atoms with Gasteiger partial charge < -0.3 is 14.0 Å². The molecule has 2 atom stereocenters. The van der Waals surface area contributed by atoms with Gasteiger partial charge in [-0.2, -0.15) is 0 Å². The Balaban J connectivity index is 2.07. The quantitative estimate of drug-likeness (QED) is 0.202. The molecule has 1 aliphatic heterocycles. The molecular weight excluding hydrogens is 368 g/mol. The summed E-state index contributed by atoms with van der Waals surface area (Å²) in [6, 6.07) is 0. The van der Waals surface area contributed by atoms with Crippen LogP contribution in [0.4, 0.5) is 0 Å². The van der Waals surface area contributed by atoms with E-state index >= 15 is 0 Å². The zero-order chi connectivity index (χ0) is 20.0. The molecule has 0 N–H and O–H groups in total. The van der Waals surface area contributed by atoms with E-state index in [1.165, 1.54) is 57.8 Å². The molecule has 0 aromatic heterocycles. The van der Waals surface area contributed by atoms with E-state index in [9.17, 15) is 13.0 Å². The predicted molar refractivity (Wildman–Crippen MR) is 105 cm³/mol. The molecule has 6 nitrogen and oxygen atoms in total. The highest BCUT2D eigenvalue weighted by Gasteiger charge is 2.33. The molecular formula is C20H39O6S-. The molecule has 1 aliphatic rings. The molecule has 0 saturated carbocycles. The van der Waals surface area contributed by atoms with Gasteiger partial charge in [-0.1, -0.05) is 64.7 Å². The van der Waals surface area contributed by atoms with Gasteiger partial charge in [-0.3, -0.25) is 4.18 Å². The number of hydrogen-bond acceptors (Lipinski definition) is 6. The molecule has 0 radical (unpaired) electrons. The first-order valence-electron chi connectivity index (χ1n) is 10.8. The largest absolute Gasteiger partial charge is 0.726 e. The van der Waals surface area contributed by atoms with Crippen LogP contribution in [0.15, 0.2) is 0 Å². The summed E-state index contributed by atoms with van der Waals surface area (Å²) < 4.78 is 47.4. The average molecular weight is 408 g/mol. The monoisotopic (exact) mass is 407 g/mol. The third-order valence-corrected chi connectivity index (χ3v) is 5.60. The van der Waals surface area contributed by atoms with Crippen molar-refractivity contribution in [3.8, 4) is 0 Å². The van der Waals surface area contributed by atoms with Gasteiger partial charge in [0.2, 0.25) is 10.4 Å². The summed E-state index contributed by atoms with van der Waals surface area (Å²) in [5.41, 5.74) is 0. The molecule has 0 aliphatic carbocycles. The number of rotatable bonds is 16. The van der Waals surface area contributed by atoms with Gasteiger partial charge in [0.15, 0.2) is 5.79 Å². The molecule has 0 spiro atoms. The summed E-state index contributed by atoms with van der Waals surface area (Å²) in [7, 11) is -4.59. The van der Waals surface area contributed by atoms with E-state index in [0.717, 1.165) is 12.8 Å². The van der Waals surface area contributed by atoms with Gasteiger partial charge in [0.05, 0.1) is 19.3 Å². The SMILES string of the molecule is CCCCCCCCCCCC1CCOC(C)(CCCCOS(=O)(=O)[O-])O1. The molecule has 1 fully saturated rings. The van der Waals surface area contributed by atoms with Crippen LogP contribution in [0.25, 0.3) is 0 Å². The van der Waals surface area contributed by atoms with Crippen LogP contribution in [0.2, 0.25) is 0 Å². The van der Waals surface area contributed by atoms with Crippen LogP contribution in [0, 0.1) is 0 Å². The van der Waals surface area contributed by atoms with E-state index in [0.29, 0.717) is 25.9 Å². The predicted octanol–water partition coefficient (Wildman–Crippen LogP) is 5.08. The summed E-state index contributed by atoms with van der Waals surface area (Å²) in [6.07, 6.45) is 16.0. The molecule has 0 aromatic rings. The Labute approximate surface area is 166 Å². The zero-order valence-electron chi connectivity index (χ0n) is 17.2. The second-order valence-corrected chi connectivity index (χ2v) is 8.87. The number of hydrogen-bond donors (Lipinski definition) is 0. The van der Waals surface area contributed by atoms with Crippen LogP contribution in [0.3, 0.4) is 0 Å². The Hall–Kier alpha value is -0.210. The van der Waals surface area contributed by atoms with Crippen molar-refractivity contribution in [2.75, 3.05) is 13.2 Å². The van der Waals surface area contributed by atoms with Gasteiger partial charge >= 0.3 is 0 Å². The maximum Gasteiger partial charge on any atom is 0.217 e. The van der Waals surface area contributed by atoms with Crippen LogP contribution in [-0.2, 0) is 24.1 Å². The molecule has 0 bridgehead atoms. The lowest BCUT2D eigenvalue weighted by molar-refractivity contribution is -0.287. The molecule has 1 rings (SSSR count). The van der Waals surface area contributed by atoms with Crippen molar-refractivity contribution in [2.24, 2.45) is 0 Å². The normalized spacial score (nSPS) is 23.6. The Morgan fingerprint density at radius 2 is 1.63 bits per heavy atom. The van der Waals surface area contributed by atoms with E-state index in [-0.39, 0.29) is 12.7 Å². The van der Waals surface area contributed by atoms with E-state index in [1.54, 1.807) is 0 Å². The van der Waals surface area contributed by atoms with Crippen molar-refractivity contribution in [1.82, 2.24) is 0 Å². The molecule has 1 saturated heterocycles. The van der Waals surface area contributed by atoms with Crippen molar-refractivity contribution in [1.29, 1.82) is 0 Å². The smallest absolute Gasteiger partial charge is 0.217 e. The van der Waals surface area contributed by atoms with Crippen molar-refractivity contribution in [3.63, 3.8) is 0 Å². The second-order valence-electron chi connectivity index (χ2n) is 7.82. The highest BCUT2D eigenvalue weighted by atomic mass is 32.3. The lowest BCUT2D eigenvalue weighted by Gasteiger charge is -2.39. The number of unbranched alkanes of at least 4 members (excludes halogenated alkanes) is 9. The molecule has 7 heteroatoms. The first-order valence-corrected chi connectivity index (χ1v) is 12.1. The highest BCUT2D eigenvalue weighted by molar-refractivity contribution is 7.80. The fourth-order valence-corrected chi connectivity index (χ4v) is 3.90. The minimum Gasteiger partial charge on any atom is -0.726 e. The molecule has 0 amide bonds. The van der Waals surface area contributed by atoms with Crippen molar-refractivity contribution in [3.05, 3.63) is 0 Å². The minimum absolute atomic E-state index is 0.0796. The fraction of sp³-hybridized carbons (Fsp3) is 1.00. The zero-order valence-corrected chi connectivity index (χ0v) is 18.1. The van der Waals surface area contributed by atoms with Crippen molar-refractivity contribution in [2.45, 2.75) is 116 Å². The molecule has 2 unspecified atom stereocenters. The van der Waals surface area contributed by atoms with Gasteiger partial charge in [-0.25, -0.2) is 8.42 Å². The van der Waals surface area contributed by atoms with Gasteiger partial charge in [0.25, 0.3) is 0 Å². The Bertz CT molecular complexity index is 467. The summed E-state index contributed by atoms with van der Waals surface area (Å²) in [4.78, 5) is 0. The topological polar surface area (TPSA) is 84.9 Å². The van der Waals surface area contributed by atoms with Gasteiger partial charge in [-0.15, -0.1) is 0 Å². The van der Waals surface area contributed by atoms with Gasteiger partial charge in [0.1, 0.15) is 0 Å². The van der Waals surface area contributed by atoms with Crippen LogP contribution >= 0.6 is 0 Å². The second kappa shape index (κ2) is 13.9. The first-order chi connectivity index (χ1) is 12.8. The Morgan fingerprint density at radius 1 is 1.00 bits per heavy atom.